The molecule has 2 nitrogen and oxygen atoms in total. The van der Waals surface area contributed by atoms with Crippen LogP contribution in [0, 0.1) is 0 Å². The molecule has 0 saturated carbocycles. The van der Waals surface area contributed by atoms with E-state index in [0.29, 0.717) is 5.67 Å². The third kappa shape index (κ3) is 5.83. The molecular weight excluding hydrogens is 274 g/mol. The molecule has 1 fully saturated rings. The maximum atomic E-state index is 12.3. The molecule has 0 spiro atoms. The third-order valence-corrected chi connectivity index (χ3v) is 6.15. The lowest BCUT2D eigenvalue weighted by molar-refractivity contribution is 0.217. The maximum absolute atomic E-state index is 12.3. The minimum Gasteiger partial charge on any atom is -0.387 e. The minimum atomic E-state index is -1.50. The van der Waals surface area contributed by atoms with Gasteiger partial charge in [-0.1, -0.05) is 68.9 Å². The van der Waals surface area contributed by atoms with Gasteiger partial charge < -0.3 is 4.46 Å². The van der Waals surface area contributed by atoms with Gasteiger partial charge in [-0.15, -0.1) is 0 Å². The average molecular weight is 304 g/mol. The van der Waals surface area contributed by atoms with Crippen LogP contribution in [-0.4, -0.2) is 25.8 Å². The van der Waals surface area contributed by atoms with Gasteiger partial charge in [-0.05, 0) is 31.5 Å². The van der Waals surface area contributed by atoms with Gasteiger partial charge in [0.25, 0.3) is 8.68 Å². The van der Waals surface area contributed by atoms with E-state index in [9.17, 15) is 4.46 Å². The van der Waals surface area contributed by atoms with Crippen LogP contribution in [0.15, 0.2) is 30.3 Å². The van der Waals surface area contributed by atoms with Gasteiger partial charge in [-0.3, -0.25) is 4.90 Å². The largest absolute Gasteiger partial charge is 0.387 e. The summed E-state index contributed by atoms with van der Waals surface area (Å²) in [5.41, 5.74) is 1.65. The Bertz CT molecular complexity index is 420. The number of hydrogen-bond acceptors (Lipinski definition) is 2. The van der Waals surface area contributed by atoms with Crippen LogP contribution in [0.5, 0.6) is 0 Å². The highest BCUT2D eigenvalue weighted by atomic mass is 28.3. The van der Waals surface area contributed by atoms with Crippen molar-refractivity contribution >= 4 is 8.68 Å². The summed E-state index contributed by atoms with van der Waals surface area (Å²) in [4.78, 5) is 2.50. The lowest BCUT2D eigenvalue weighted by atomic mass is 10.1. The maximum Gasteiger partial charge on any atom is 0.291 e. The summed E-state index contributed by atoms with van der Waals surface area (Å²) in [7, 11) is -1.50. The molecule has 1 atom stereocenters. The first-order valence-electron chi connectivity index (χ1n) is 8.56. The van der Waals surface area contributed by atoms with Crippen LogP contribution in [0.3, 0.4) is 0 Å². The zero-order valence-electron chi connectivity index (χ0n) is 13.4. The van der Waals surface area contributed by atoms with E-state index in [0.717, 1.165) is 19.5 Å². The van der Waals surface area contributed by atoms with Crippen LogP contribution in [0.4, 0.5) is 0 Å². The van der Waals surface area contributed by atoms with Gasteiger partial charge in [0.1, 0.15) is 0 Å². The molecule has 0 aliphatic carbocycles. The molecule has 0 radical (unpaired) electrons. The quantitative estimate of drug-likeness (QED) is 0.762. The van der Waals surface area contributed by atoms with Crippen molar-refractivity contribution < 1.29 is 4.46 Å². The lowest BCUT2D eigenvalue weighted by Gasteiger charge is -2.30. The SMILES string of the molecule is C[Si](=O)C1CCCCCCCCCN1Cc1ccccc1. The molecule has 0 amide bonds. The van der Waals surface area contributed by atoms with E-state index in [1.165, 1.54) is 50.5 Å². The van der Waals surface area contributed by atoms with E-state index in [-0.39, 0.29) is 0 Å². The van der Waals surface area contributed by atoms with E-state index < -0.39 is 8.68 Å². The standard InChI is InChI=1S/C18H29NOSi/c1-21(20)18-14-10-5-3-2-4-6-11-15-19(18)16-17-12-8-7-9-13-17/h7-9,12-13,18H,2-6,10-11,14-16H2,1H3. The van der Waals surface area contributed by atoms with Crippen molar-refractivity contribution in [2.45, 2.75) is 70.1 Å². The Morgan fingerprint density at radius 2 is 1.62 bits per heavy atom. The zero-order valence-corrected chi connectivity index (χ0v) is 14.4. The molecule has 2 rings (SSSR count). The van der Waals surface area contributed by atoms with Crippen molar-refractivity contribution in [3.63, 3.8) is 0 Å². The Kier molecular flexibility index (Phi) is 7.31. The summed E-state index contributed by atoms with van der Waals surface area (Å²) in [6.07, 6.45) is 10.3. The van der Waals surface area contributed by atoms with Crippen molar-refractivity contribution in [3.8, 4) is 0 Å². The fourth-order valence-corrected chi connectivity index (χ4v) is 4.69. The highest BCUT2D eigenvalue weighted by molar-refractivity contribution is 6.43. The Balaban J connectivity index is 2.06. The van der Waals surface area contributed by atoms with E-state index in [4.69, 9.17) is 0 Å². The first-order valence-corrected chi connectivity index (χ1v) is 10.5. The van der Waals surface area contributed by atoms with Crippen LogP contribution in [0.1, 0.15) is 56.9 Å². The van der Waals surface area contributed by atoms with Crippen molar-refractivity contribution in [2.75, 3.05) is 6.54 Å². The van der Waals surface area contributed by atoms with Gasteiger partial charge in [-0.2, -0.15) is 0 Å². The lowest BCUT2D eigenvalue weighted by Crippen LogP contribution is -2.41. The Labute approximate surface area is 131 Å². The van der Waals surface area contributed by atoms with Gasteiger partial charge in [-0.25, -0.2) is 0 Å². The summed E-state index contributed by atoms with van der Waals surface area (Å²) < 4.78 is 12.3. The molecule has 1 aromatic carbocycles. The van der Waals surface area contributed by atoms with Gasteiger partial charge in [0.2, 0.25) is 0 Å². The van der Waals surface area contributed by atoms with Crippen LogP contribution in [-0.2, 0) is 11.0 Å². The van der Waals surface area contributed by atoms with Gasteiger partial charge in [0.05, 0.1) is 5.67 Å². The van der Waals surface area contributed by atoms with Crippen LogP contribution >= 0.6 is 0 Å². The molecule has 1 aromatic rings. The summed E-state index contributed by atoms with van der Waals surface area (Å²) in [5, 5.41) is 0. The molecule has 1 saturated heterocycles. The molecular formula is C18H29NOSi. The van der Waals surface area contributed by atoms with Crippen molar-refractivity contribution in [1.29, 1.82) is 0 Å². The number of rotatable bonds is 3. The van der Waals surface area contributed by atoms with Crippen LogP contribution in [0.2, 0.25) is 6.55 Å². The highest BCUT2D eigenvalue weighted by Gasteiger charge is 2.24. The fraction of sp³-hybridized carbons (Fsp3) is 0.667. The second-order valence-corrected chi connectivity index (χ2v) is 8.23. The fourth-order valence-electron chi connectivity index (χ4n) is 3.34. The van der Waals surface area contributed by atoms with Gasteiger partial charge in [0.15, 0.2) is 0 Å². The number of benzene rings is 1. The molecule has 1 aliphatic heterocycles. The van der Waals surface area contributed by atoms with E-state index >= 15 is 0 Å². The van der Waals surface area contributed by atoms with Crippen molar-refractivity contribution in [2.24, 2.45) is 0 Å². The minimum absolute atomic E-state index is 0.299. The topological polar surface area (TPSA) is 20.3 Å². The summed E-state index contributed by atoms with van der Waals surface area (Å²) in [6.45, 7) is 4.01. The Morgan fingerprint density at radius 3 is 2.29 bits per heavy atom. The molecule has 1 aliphatic rings. The second kappa shape index (κ2) is 9.26. The second-order valence-electron chi connectivity index (χ2n) is 6.35. The predicted molar refractivity (Wildman–Crippen MR) is 89.9 cm³/mol. The number of hydrogen-bond donors (Lipinski definition) is 0. The van der Waals surface area contributed by atoms with E-state index in [1.54, 1.807) is 0 Å². The normalized spacial score (nSPS) is 22.4. The summed E-state index contributed by atoms with van der Waals surface area (Å²) in [6, 6.07) is 10.7. The zero-order chi connectivity index (χ0) is 14.9. The first-order chi connectivity index (χ1) is 10.3. The third-order valence-electron chi connectivity index (χ3n) is 4.56. The molecule has 3 heteroatoms. The van der Waals surface area contributed by atoms with E-state index in [2.05, 4.69) is 35.2 Å². The monoisotopic (exact) mass is 303 g/mol. The van der Waals surface area contributed by atoms with E-state index in [1.807, 2.05) is 6.55 Å². The molecule has 116 valence electrons. The smallest absolute Gasteiger partial charge is 0.291 e. The molecule has 1 unspecified atom stereocenters. The number of nitrogens with zero attached hydrogens (tertiary/aromatic N) is 1. The Morgan fingerprint density at radius 1 is 1.00 bits per heavy atom. The van der Waals surface area contributed by atoms with Gasteiger partial charge >= 0.3 is 0 Å². The summed E-state index contributed by atoms with van der Waals surface area (Å²) in [5.74, 6) is 0. The van der Waals surface area contributed by atoms with Crippen LogP contribution < -0.4 is 0 Å². The predicted octanol–water partition coefficient (Wildman–Crippen LogP) is 4.58. The van der Waals surface area contributed by atoms with Crippen molar-refractivity contribution in [3.05, 3.63) is 35.9 Å². The van der Waals surface area contributed by atoms with Crippen molar-refractivity contribution in [1.82, 2.24) is 4.90 Å². The molecule has 0 N–H and O–H groups in total. The van der Waals surface area contributed by atoms with Crippen LogP contribution in [0.25, 0.3) is 0 Å². The molecule has 0 bridgehead atoms. The first kappa shape index (κ1) is 16.6. The average Bonchev–Trinajstić information content (AvgIpc) is 2.53. The van der Waals surface area contributed by atoms with Gasteiger partial charge in [0, 0.05) is 6.54 Å². The highest BCUT2D eigenvalue weighted by Crippen LogP contribution is 2.19. The molecule has 1 heterocycles. The summed E-state index contributed by atoms with van der Waals surface area (Å²) >= 11 is 0. The molecule has 21 heavy (non-hydrogen) atoms. The Hall–Kier alpha value is -0.803. The molecule has 0 aromatic heterocycles.